The summed E-state index contributed by atoms with van der Waals surface area (Å²) in [7, 11) is 1.64. The van der Waals surface area contributed by atoms with E-state index in [9.17, 15) is 4.79 Å². The maximum absolute atomic E-state index is 13.0. The van der Waals surface area contributed by atoms with E-state index in [1.165, 1.54) is 0 Å². The van der Waals surface area contributed by atoms with E-state index in [1.807, 2.05) is 66.4 Å². The van der Waals surface area contributed by atoms with Crippen LogP contribution in [-0.4, -0.2) is 37.6 Å². The summed E-state index contributed by atoms with van der Waals surface area (Å²) < 4.78 is 11.2. The van der Waals surface area contributed by atoms with Crippen molar-refractivity contribution in [3.63, 3.8) is 0 Å². The molecule has 4 nitrogen and oxygen atoms in total. The van der Waals surface area contributed by atoms with Crippen molar-refractivity contribution in [1.29, 1.82) is 0 Å². The molecule has 1 heterocycles. The Balaban J connectivity index is 1.84. The summed E-state index contributed by atoms with van der Waals surface area (Å²) in [4.78, 5) is 14.9. The first-order chi connectivity index (χ1) is 11.6. The highest BCUT2D eigenvalue weighted by Crippen LogP contribution is 2.30. The van der Waals surface area contributed by atoms with Crippen LogP contribution in [0.4, 0.5) is 0 Å². The summed E-state index contributed by atoms with van der Waals surface area (Å²) in [5, 5.41) is 0. The minimum atomic E-state index is -0.481. The summed E-state index contributed by atoms with van der Waals surface area (Å²) in [5.74, 6) is 0.0353. The van der Waals surface area contributed by atoms with Gasteiger partial charge in [0.1, 0.15) is 5.60 Å². The number of hydrogen-bond donors (Lipinski definition) is 0. The largest absolute Gasteiger partial charge is 0.380 e. The molecule has 3 rings (SSSR count). The van der Waals surface area contributed by atoms with E-state index in [4.69, 9.17) is 9.47 Å². The van der Waals surface area contributed by atoms with Crippen molar-refractivity contribution in [2.75, 3.05) is 26.8 Å². The van der Waals surface area contributed by atoms with E-state index in [1.54, 1.807) is 7.11 Å². The summed E-state index contributed by atoms with van der Waals surface area (Å²) >= 11 is 0. The molecule has 1 amide bonds. The first kappa shape index (κ1) is 16.7. The molecule has 1 aliphatic heterocycles. The third kappa shape index (κ3) is 3.35. The molecule has 0 saturated carbocycles. The fourth-order valence-corrected chi connectivity index (χ4v) is 3.19. The van der Waals surface area contributed by atoms with Gasteiger partial charge in [-0.1, -0.05) is 48.5 Å². The zero-order chi connectivity index (χ0) is 17.0. The Kier molecular flexibility index (Phi) is 4.97. The van der Waals surface area contributed by atoms with Crippen molar-refractivity contribution >= 4 is 5.91 Å². The van der Waals surface area contributed by atoms with Gasteiger partial charge in [0, 0.05) is 19.2 Å². The van der Waals surface area contributed by atoms with Gasteiger partial charge in [-0.15, -0.1) is 0 Å². The van der Waals surface area contributed by atoms with Crippen LogP contribution in [0.25, 0.3) is 0 Å². The topological polar surface area (TPSA) is 38.8 Å². The molecule has 1 saturated heterocycles. The highest BCUT2D eigenvalue weighted by atomic mass is 16.5. The Morgan fingerprint density at radius 1 is 1.17 bits per heavy atom. The fourth-order valence-electron chi connectivity index (χ4n) is 3.19. The van der Waals surface area contributed by atoms with Crippen LogP contribution in [0.1, 0.15) is 28.4 Å². The lowest BCUT2D eigenvalue weighted by molar-refractivity contribution is -0.0931. The Bertz CT molecular complexity index is 701. The molecule has 4 heteroatoms. The van der Waals surface area contributed by atoms with Gasteiger partial charge >= 0.3 is 0 Å². The second-order valence-electron chi connectivity index (χ2n) is 6.26. The molecule has 0 aliphatic carbocycles. The summed E-state index contributed by atoms with van der Waals surface area (Å²) in [5.41, 5.74) is 2.23. The van der Waals surface area contributed by atoms with Crippen LogP contribution in [0.2, 0.25) is 0 Å². The molecule has 0 bridgehead atoms. The molecule has 0 N–H and O–H groups in total. The van der Waals surface area contributed by atoms with Crippen molar-refractivity contribution in [3.05, 3.63) is 71.3 Å². The second-order valence-corrected chi connectivity index (χ2v) is 6.26. The predicted molar refractivity (Wildman–Crippen MR) is 92.8 cm³/mol. The Morgan fingerprint density at radius 3 is 2.62 bits per heavy atom. The highest BCUT2D eigenvalue weighted by Gasteiger charge is 2.36. The molecule has 1 fully saturated rings. The summed E-state index contributed by atoms with van der Waals surface area (Å²) in [6.45, 7) is 4.15. The number of hydrogen-bond acceptors (Lipinski definition) is 3. The van der Waals surface area contributed by atoms with Crippen LogP contribution in [0, 0.1) is 0 Å². The molecule has 0 aromatic heterocycles. The van der Waals surface area contributed by atoms with Crippen LogP contribution in [0.15, 0.2) is 54.6 Å². The number of amides is 1. The molecule has 2 aromatic carbocycles. The molecule has 1 atom stereocenters. The summed E-state index contributed by atoms with van der Waals surface area (Å²) in [6.07, 6.45) is 0. The predicted octanol–water partition coefficient (Wildman–Crippen LogP) is 3.22. The van der Waals surface area contributed by atoms with Crippen molar-refractivity contribution in [2.24, 2.45) is 0 Å². The number of benzene rings is 2. The maximum atomic E-state index is 13.0. The molecule has 0 spiro atoms. The quantitative estimate of drug-likeness (QED) is 0.866. The van der Waals surface area contributed by atoms with E-state index in [-0.39, 0.29) is 5.91 Å². The smallest absolute Gasteiger partial charge is 0.254 e. The van der Waals surface area contributed by atoms with Crippen LogP contribution < -0.4 is 0 Å². The lowest BCUT2D eigenvalue weighted by atomic mass is 9.93. The molecule has 126 valence electrons. The number of ether oxygens (including phenoxy) is 2. The standard InChI is InChI=1S/C20H23NO3/c1-20(17-9-4-3-5-10-17)15-21(12-13-24-20)19(22)18-11-7-6-8-16(18)14-23-2/h3-11H,12-15H2,1-2H3/t20-/m1/s1. The molecule has 2 aromatic rings. The molecule has 0 unspecified atom stereocenters. The molecule has 1 aliphatic rings. The van der Waals surface area contributed by atoms with Crippen LogP contribution >= 0.6 is 0 Å². The van der Waals surface area contributed by atoms with Gasteiger partial charge in [-0.2, -0.15) is 0 Å². The first-order valence-corrected chi connectivity index (χ1v) is 8.20. The Morgan fingerprint density at radius 2 is 1.88 bits per heavy atom. The van der Waals surface area contributed by atoms with Crippen LogP contribution in [0.5, 0.6) is 0 Å². The van der Waals surface area contributed by atoms with Gasteiger partial charge in [-0.05, 0) is 24.1 Å². The molecule has 24 heavy (non-hydrogen) atoms. The summed E-state index contributed by atoms with van der Waals surface area (Å²) in [6, 6.07) is 17.7. The van der Waals surface area contributed by atoms with Crippen molar-refractivity contribution in [2.45, 2.75) is 19.1 Å². The molecule has 0 radical (unpaired) electrons. The van der Waals surface area contributed by atoms with Gasteiger partial charge in [-0.3, -0.25) is 4.79 Å². The minimum Gasteiger partial charge on any atom is -0.380 e. The third-order valence-electron chi connectivity index (χ3n) is 4.49. The van der Waals surface area contributed by atoms with Gasteiger partial charge in [0.05, 0.1) is 19.8 Å². The van der Waals surface area contributed by atoms with Gasteiger partial charge in [0.25, 0.3) is 5.91 Å². The van der Waals surface area contributed by atoms with E-state index < -0.39 is 5.60 Å². The van der Waals surface area contributed by atoms with Crippen LogP contribution in [0.3, 0.4) is 0 Å². The highest BCUT2D eigenvalue weighted by molar-refractivity contribution is 5.95. The van der Waals surface area contributed by atoms with E-state index >= 15 is 0 Å². The van der Waals surface area contributed by atoms with E-state index in [2.05, 4.69) is 0 Å². The van der Waals surface area contributed by atoms with Gasteiger partial charge < -0.3 is 14.4 Å². The molecular weight excluding hydrogens is 302 g/mol. The monoisotopic (exact) mass is 325 g/mol. The van der Waals surface area contributed by atoms with Crippen molar-refractivity contribution in [1.82, 2.24) is 4.90 Å². The van der Waals surface area contributed by atoms with Crippen LogP contribution in [-0.2, 0) is 21.7 Å². The Labute approximate surface area is 143 Å². The normalized spacial score (nSPS) is 20.8. The Hall–Kier alpha value is -2.17. The van der Waals surface area contributed by atoms with Crippen molar-refractivity contribution in [3.8, 4) is 0 Å². The lowest BCUT2D eigenvalue weighted by Crippen LogP contribution is -2.50. The maximum Gasteiger partial charge on any atom is 0.254 e. The number of methoxy groups -OCH3 is 1. The van der Waals surface area contributed by atoms with E-state index in [0.29, 0.717) is 31.9 Å². The number of carbonyl (C=O) groups is 1. The van der Waals surface area contributed by atoms with Crippen molar-refractivity contribution < 1.29 is 14.3 Å². The number of rotatable bonds is 4. The first-order valence-electron chi connectivity index (χ1n) is 8.20. The average Bonchev–Trinajstić information content (AvgIpc) is 2.63. The fraction of sp³-hybridized carbons (Fsp3) is 0.350. The van der Waals surface area contributed by atoms with Gasteiger partial charge in [0.2, 0.25) is 0 Å². The SMILES string of the molecule is COCc1ccccc1C(=O)N1CCO[C@@](C)(c2ccccc2)C1. The number of nitrogens with zero attached hydrogens (tertiary/aromatic N) is 1. The van der Waals surface area contributed by atoms with E-state index in [0.717, 1.165) is 11.1 Å². The van der Waals surface area contributed by atoms with Gasteiger partial charge in [0.15, 0.2) is 0 Å². The number of carbonyl (C=O) groups excluding carboxylic acids is 1. The minimum absolute atomic E-state index is 0.0353. The van der Waals surface area contributed by atoms with Gasteiger partial charge in [-0.25, -0.2) is 0 Å². The zero-order valence-electron chi connectivity index (χ0n) is 14.2. The second kappa shape index (κ2) is 7.16. The third-order valence-corrected chi connectivity index (χ3v) is 4.49. The average molecular weight is 325 g/mol. The number of morpholine rings is 1. The molecular formula is C20H23NO3. The lowest BCUT2D eigenvalue weighted by Gasteiger charge is -2.41. The zero-order valence-corrected chi connectivity index (χ0v) is 14.2.